The van der Waals surface area contributed by atoms with Crippen molar-refractivity contribution in [2.45, 2.75) is 17.9 Å². The Bertz CT molecular complexity index is 1110. The molecule has 2 heterocycles. The summed E-state index contributed by atoms with van der Waals surface area (Å²) in [6, 6.07) is 13.3. The Kier molecular flexibility index (Phi) is 5.48. The Morgan fingerprint density at radius 2 is 1.48 bits per heavy atom. The molecule has 0 aliphatic heterocycles. The van der Waals surface area contributed by atoms with E-state index in [9.17, 15) is 0 Å². The van der Waals surface area contributed by atoms with E-state index in [0.717, 1.165) is 11.1 Å². The Balaban J connectivity index is 1.43. The molecular formula is C20H18N4O4S. The molecule has 0 saturated carbocycles. The maximum Gasteiger partial charge on any atom is 0.277 e. The first-order valence-corrected chi connectivity index (χ1v) is 9.73. The fourth-order valence-corrected chi connectivity index (χ4v) is 3.20. The van der Waals surface area contributed by atoms with Crippen LogP contribution in [0.15, 0.2) is 56.5 Å². The average molecular weight is 410 g/mol. The summed E-state index contributed by atoms with van der Waals surface area (Å²) in [5.74, 6) is 3.00. The number of thioether (sulfide) groups is 1. The number of aromatic nitrogens is 4. The Hall–Kier alpha value is -3.33. The molecule has 0 atom stereocenters. The van der Waals surface area contributed by atoms with E-state index < -0.39 is 0 Å². The van der Waals surface area contributed by atoms with Crippen molar-refractivity contribution in [3.05, 3.63) is 53.9 Å². The molecule has 9 heteroatoms. The minimum atomic E-state index is 0.388. The monoisotopic (exact) mass is 410 g/mol. The zero-order valence-corrected chi connectivity index (χ0v) is 16.9. The zero-order valence-electron chi connectivity index (χ0n) is 16.1. The van der Waals surface area contributed by atoms with Gasteiger partial charge in [0, 0.05) is 11.1 Å². The molecule has 0 bridgehead atoms. The van der Waals surface area contributed by atoms with E-state index in [-0.39, 0.29) is 0 Å². The van der Waals surface area contributed by atoms with Crippen molar-refractivity contribution < 1.29 is 18.3 Å². The zero-order chi connectivity index (χ0) is 20.2. The third-order valence-electron chi connectivity index (χ3n) is 4.12. The van der Waals surface area contributed by atoms with Gasteiger partial charge >= 0.3 is 0 Å². The van der Waals surface area contributed by atoms with Crippen LogP contribution in [0, 0.1) is 6.92 Å². The Morgan fingerprint density at radius 3 is 2.24 bits per heavy atom. The van der Waals surface area contributed by atoms with E-state index >= 15 is 0 Å². The lowest BCUT2D eigenvalue weighted by molar-refractivity contribution is 0.355. The number of rotatable bonds is 7. The molecule has 0 N–H and O–H groups in total. The van der Waals surface area contributed by atoms with Crippen molar-refractivity contribution in [3.63, 3.8) is 0 Å². The molecule has 2 aromatic carbocycles. The highest BCUT2D eigenvalue weighted by molar-refractivity contribution is 7.98. The number of methoxy groups -OCH3 is 2. The first-order valence-electron chi connectivity index (χ1n) is 8.74. The van der Waals surface area contributed by atoms with Gasteiger partial charge in [-0.25, -0.2) is 0 Å². The second-order valence-corrected chi connectivity index (χ2v) is 7.03. The van der Waals surface area contributed by atoms with Crippen LogP contribution >= 0.6 is 11.8 Å². The molecule has 0 amide bonds. The summed E-state index contributed by atoms with van der Waals surface area (Å²) in [5.41, 5.74) is 2.79. The van der Waals surface area contributed by atoms with Crippen LogP contribution in [0.5, 0.6) is 11.5 Å². The highest BCUT2D eigenvalue weighted by Gasteiger charge is 2.14. The second-order valence-electron chi connectivity index (χ2n) is 6.10. The van der Waals surface area contributed by atoms with Crippen LogP contribution in [0.1, 0.15) is 11.5 Å². The predicted molar refractivity (Wildman–Crippen MR) is 107 cm³/mol. The van der Waals surface area contributed by atoms with Gasteiger partial charge in [-0.15, -0.1) is 20.4 Å². The van der Waals surface area contributed by atoms with E-state index in [2.05, 4.69) is 20.4 Å². The van der Waals surface area contributed by atoms with Crippen LogP contribution in [0.4, 0.5) is 0 Å². The van der Waals surface area contributed by atoms with Crippen LogP contribution in [0.25, 0.3) is 22.9 Å². The lowest BCUT2D eigenvalue weighted by Gasteiger charge is -2.07. The first-order chi connectivity index (χ1) is 14.2. The van der Waals surface area contributed by atoms with Crippen molar-refractivity contribution in [1.29, 1.82) is 0 Å². The molecule has 148 valence electrons. The number of nitrogens with zero attached hydrogens (tertiary/aromatic N) is 4. The highest BCUT2D eigenvalue weighted by atomic mass is 32.2. The maximum absolute atomic E-state index is 5.72. The van der Waals surface area contributed by atoms with Gasteiger partial charge in [-0.1, -0.05) is 29.5 Å². The summed E-state index contributed by atoms with van der Waals surface area (Å²) in [6.45, 7) is 2.03. The molecule has 0 radical (unpaired) electrons. The number of hydrogen-bond acceptors (Lipinski definition) is 9. The van der Waals surface area contributed by atoms with E-state index in [1.807, 2.05) is 37.3 Å². The van der Waals surface area contributed by atoms with Gasteiger partial charge in [0.15, 0.2) is 11.5 Å². The van der Waals surface area contributed by atoms with Crippen molar-refractivity contribution in [2.75, 3.05) is 14.2 Å². The lowest BCUT2D eigenvalue weighted by Crippen LogP contribution is -1.90. The van der Waals surface area contributed by atoms with Gasteiger partial charge in [0.2, 0.25) is 17.7 Å². The van der Waals surface area contributed by atoms with Gasteiger partial charge < -0.3 is 18.3 Å². The molecule has 4 rings (SSSR count). The summed E-state index contributed by atoms with van der Waals surface area (Å²) in [7, 11) is 3.16. The minimum Gasteiger partial charge on any atom is -0.493 e. The predicted octanol–water partition coefficient (Wildman–Crippen LogP) is 4.40. The third kappa shape index (κ3) is 4.24. The van der Waals surface area contributed by atoms with Crippen LogP contribution in [0.2, 0.25) is 0 Å². The van der Waals surface area contributed by atoms with E-state index in [1.54, 1.807) is 26.4 Å². The van der Waals surface area contributed by atoms with E-state index in [0.29, 0.717) is 40.1 Å². The van der Waals surface area contributed by atoms with Crippen molar-refractivity contribution in [1.82, 2.24) is 20.4 Å². The number of benzene rings is 2. The van der Waals surface area contributed by atoms with Crippen LogP contribution in [-0.4, -0.2) is 34.6 Å². The van der Waals surface area contributed by atoms with Gasteiger partial charge in [0.25, 0.3) is 5.22 Å². The SMILES string of the molecule is COc1ccc(-c2nnc(SCc3nnc(-c4ccc(C)cc4)o3)o2)cc1OC. The topological polar surface area (TPSA) is 96.3 Å². The second kappa shape index (κ2) is 8.36. The Morgan fingerprint density at radius 1 is 0.793 bits per heavy atom. The average Bonchev–Trinajstić information content (AvgIpc) is 3.42. The minimum absolute atomic E-state index is 0.388. The quantitative estimate of drug-likeness (QED) is 0.411. The molecule has 0 unspecified atom stereocenters. The lowest BCUT2D eigenvalue weighted by atomic mass is 10.1. The summed E-state index contributed by atoms with van der Waals surface area (Å²) in [6.07, 6.45) is 0. The van der Waals surface area contributed by atoms with Crippen LogP contribution < -0.4 is 9.47 Å². The molecule has 4 aromatic rings. The fraction of sp³-hybridized carbons (Fsp3) is 0.200. The Labute approximate surface area is 171 Å². The van der Waals surface area contributed by atoms with Crippen molar-refractivity contribution >= 4 is 11.8 Å². The molecule has 0 aliphatic rings. The molecule has 0 aliphatic carbocycles. The summed E-state index contributed by atoms with van der Waals surface area (Å²) in [5, 5.41) is 16.7. The number of ether oxygens (including phenoxy) is 2. The van der Waals surface area contributed by atoms with Crippen molar-refractivity contribution in [2.24, 2.45) is 0 Å². The van der Waals surface area contributed by atoms with Gasteiger partial charge in [-0.3, -0.25) is 0 Å². The van der Waals surface area contributed by atoms with Crippen molar-refractivity contribution in [3.8, 4) is 34.4 Å². The molecular weight excluding hydrogens is 392 g/mol. The standard InChI is InChI=1S/C20H18N4O4S/c1-12-4-6-13(7-5-12)18-22-21-17(27-18)11-29-20-24-23-19(28-20)14-8-9-15(25-2)16(10-14)26-3/h4-10H,11H2,1-3H3. The van der Waals surface area contributed by atoms with Crippen LogP contribution in [0.3, 0.4) is 0 Å². The van der Waals surface area contributed by atoms with Crippen LogP contribution in [-0.2, 0) is 5.75 Å². The van der Waals surface area contributed by atoms with Gasteiger partial charge in [0.05, 0.1) is 20.0 Å². The summed E-state index contributed by atoms with van der Waals surface area (Å²) in [4.78, 5) is 0. The molecule has 8 nitrogen and oxygen atoms in total. The van der Waals surface area contributed by atoms with E-state index in [4.69, 9.17) is 18.3 Å². The summed E-state index contributed by atoms with van der Waals surface area (Å²) >= 11 is 1.33. The molecule has 0 fully saturated rings. The maximum atomic E-state index is 5.72. The van der Waals surface area contributed by atoms with E-state index in [1.165, 1.54) is 17.3 Å². The van der Waals surface area contributed by atoms with Gasteiger partial charge in [-0.2, -0.15) is 0 Å². The smallest absolute Gasteiger partial charge is 0.277 e. The highest BCUT2D eigenvalue weighted by Crippen LogP contribution is 2.33. The number of aryl methyl sites for hydroxylation is 1. The van der Waals surface area contributed by atoms with Gasteiger partial charge in [0.1, 0.15) is 0 Å². The first kappa shape index (κ1) is 19.0. The summed E-state index contributed by atoms with van der Waals surface area (Å²) < 4.78 is 22.0. The third-order valence-corrected chi connectivity index (χ3v) is 4.92. The molecule has 29 heavy (non-hydrogen) atoms. The largest absolute Gasteiger partial charge is 0.493 e. The molecule has 0 saturated heterocycles. The molecule has 0 spiro atoms. The number of hydrogen-bond donors (Lipinski definition) is 0. The van der Waals surface area contributed by atoms with Gasteiger partial charge in [-0.05, 0) is 37.3 Å². The fourth-order valence-electron chi connectivity index (χ4n) is 2.60. The molecule has 2 aromatic heterocycles. The normalized spacial score (nSPS) is 10.9.